The quantitative estimate of drug-likeness (QED) is 0.478. The monoisotopic (exact) mass is 518 g/mol. The van der Waals surface area contributed by atoms with Gasteiger partial charge in [-0.1, -0.05) is 65.8 Å². The van der Waals surface area contributed by atoms with Crippen molar-refractivity contribution in [1.29, 1.82) is 0 Å². The first kappa shape index (κ1) is 24.1. The lowest BCUT2D eigenvalue weighted by Gasteiger charge is -2.31. The number of para-hydroxylation sites is 1. The molecule has 3 aromatic carbocycles. The first-order valence-electron chi connectivity index (χ1n) is 11.4. The zero-order valence-corrected chi connectivity index (χ0v) is 21.1. The van der Waals surface area contributed by atoms with E-state index in [2.05, 4.69) is 10.3 Å². The Morgan fingerprint density at radius 3 is 2.58 bits per heavy atom. The van der Waals surface area contributed by atoms with Crippen LogP contribution in [0, 0.1) is 0 Å². The van der Waals surface area contributed by atoms with Crippen LogP contribution in [-0.2, 0) is 21.9 Å². The third-order valence-corrected chi connectivity index (χ3v) is 7.32. The number of hydrogen-bond donors (Lipinski definition) is 1. The van der Waals surface area contributed by atoms with Crippen molar-refractivity contribution in [3.05, 3.63) is 94.5 Å². The highest BCUT2D eigenvalue weighted by atomic mass is 35.5. The lowest BCUT2D eigenvalue weighted by Crippen LogP contribution is -2.45. The summed E-state index contributed by atoms with van der Waals surface area (Å²) in [5, 5.41) is 4.19. The number of carbonyl (C=O) groups excluding carboxylic acids is 2. The predicted octanol–water partition coefficient (Wildman–Crippen LogP) is 4.95. The minimum absolute atomic E-state index is 0.0319. The van der Waals surface area contributed by atoms with E-state index in [4.69, 9.17) is 21.3 Å². The standard InChI is InChI=1S/C27H23ClN4O3S/c1-35-19-12-10-17(11-13-19)15-29-24(33)14-23-26(34)31-25-20-7-3-5-9-22(20)30-27(32(23)25)36-16-18-6-2-4-8-21(18)28/h2-13,23H,14-16H2,1H3,(H,29,33). The fourth-order valence-electron chi connectivity index (χ4n) is 4.05. The maximum absolute atomic E-state index is 13.0. The van der Waals surface area contributed by atoms with Gasteiger partial charge in [0.25, 0.3) is 5.91 Å². The van der Waals surface area contributed by atoms with Gasteiger partial charge in [0.05, 0.1) is 19.2 Å². The molecule has 2 heterocycles. The Bertz CT molecular complexity index is 1370. The van der Waals surface area contributed by atoms with Crippen LogP contribution >= 0.6 is 23.4 Å². The average molecular weight is 519 g/mol. The van der Waals surface area contributed by atoms with Gasteiger partial charge in [0.2, 0.25) is 5.91 Å². The van der Waals surface area contributed by atoms with E-state index in [1.165, 1.54) is 11.8 Å². The number of benzene rings is 3. The molecule has 0 saturated heterocycles. The van der Waals surface area contributed by atoms with E-state index >= 15 is 0 Å². The second-order valence-electron chi connectivity index (χ2n) is 8.28. The Morgan fingerprint density at radius 1 is 1.06 bits per heavy atom. The molecule has 1 unspecified atom stereocenters. The molecular weight excluding hydrogens is 496 g/mol. The van der Waals surface area contributed by atoms with Gasteiger partial charge < -0.3 is 10.1 Å². The molecule has 1 N–H and O–H groups in total. The zero-order chi connectivity index (χ0) is 25.1. The second kappa shape index (κ2) is 10.6. The van der Waals surface area contributed by atoms with Crippen LogP contribution < -0.4 is 10.1 Å². The Labute approximate surface area is 218 Å². The first-order valence-corrected chi connectivity index (χ1v) is 12.8. The maximum atomic E-state index is 13.0. The molecule has 182 valence electrons. The summed E-state index contributed by atoms with van der Waals surface area (Å²) in [5.74, 6) is 1.25. The van der Waals surface area contributed by atoms with Crippen LogP contribution in [0.3, 0.4) is 0 Å². The highest BCUT2D eigenvalue weighted by Gasteiger charge is 2.42. The van der Waals surface area contributed by atoms with Gasteiger partial charge >= 0.3 is 0 Å². The Morgan fingerprint density at radius 2 is 1.81 bits per heavy atom. The molecule has 0 radical (unpaired) electrons. The highest BCUT2D eigenvalue weighted by Crippen LogP contribution is 2.36. The molecule has 5 rings (SSSR count). The number of rotatable bonds is 7. The Hall–Kier alpha value is -3.62. The summed E-state index contributed by atoms with van der Waals surface area (Å²) in [5.41, 5.74) is 3.41. The smallest absolute Gasteiger partial charge is 0.271 e. The minimum Gasteiger partial charge on any atom is -0.497 e. The SMILES string of the molecule is COc1ccc(CNC(=O)CC2C(=O)N=C3c4ccccc4N=C(SCc4ccccc4Cl)N32)cc1. The summed E-state index contributed by atoms with van der Waals surface area (Å²) in [6.45, 7) is 0.350. The molecule has 0 aromatic heterocycles. The number of fused-ring (bicyclic) bond motifs is 3. The summed E-state index contributed by atoms with van der Waals surface area (Å²) in [6.07, 6.45) is -0.0319. The largest absolute Gasteiger partial charge is 0.497 e. The van der Waals surface area contributed by atoms with E-state index in [9.17, 15) is 9.59 Å². The molecule has 2 aliphatic rings. The summed E-state index contributed by atoms with van der Waals surface area (Å²) >= 11 is 7.82. The third-order valence-electron chi connectivity index (χ3n) is 5.95. The van der Waals surface area contributed by atoms with E-state index in [1.807, 2.05) is 72.8 Å². The number of ether oxygens (including phenoxy) is 1. The molecule has 0 fully saturated rings. The van der Waals surface area contributed by atoms with Crippen LogP contribution in [0.1, 0.15) is 23.1 Å². The van der Waals surface area contributed by atoms with Crippen LogP contribution in [-0.4, -0.2) is 40.9 Å². The van der Waals surface area contributed by atoms with Crippen molar-refractivity contribution < 1.29 is 14.3 Å². The van der Waals surface area contributed by atoms with Crippen molar-refractivity contribution in [2.75, 3.05) is 7.11 Å². The predicted molar refractivity (Wildman–Crippen MR) is 143 cm³/mol. The maximum Gasteiger partial charge on any atom is 0.271 e. The van der Waals surface area contributed by atoms with Crippen LogP contribution in [0.2, 0.25) is 5.02 Å². The van der Waals surface area contributed by atoms with Crippen LogP contribution in [0.5, 0.6) is 5.75 Å². The van der Waals surface area contributed by atoms with Crippen molar-refractivity contribution >= 4 is 51.9 Å². The molecule has 0 aliphatic carbocycles. The van der Waals surface area contributed by atoms with Crippen molar-refractivity contribution in [3.8, 4) is 5.75 Å². The molecular formula is C27H23ClN4O3S. The molecule has 0 spiro atoms. The highest BCUT2D eigenvalue weighted by molar-refractivity contribution is 8.13. The number of nitrogens with zero attached hydrogens (tertiary/aromatic N) is 3. The van der Waals surface area contributed by atoms with Crippen molar-refractivity contribution in [2.45, 2.75) is 24.8 Å². The summed E-state index contributed by atoms with van der Waals surface area (Å²) in [6, 6.07) is 21.9. The Kier molecular flexibility index (Phi) is 7.06. The third kappa shape index (κ3) is 5.01. The van der Waals surface area contributed by atoms with Gasteiger partial charge in [0.1, 0.15) is 17.6 Å². The number of amides is 2. The van der Waals surface area contributed by atoms with Crippen LogP contribution in [0.4, 0.5) is 5.69 Å². The Balaban J connectivity index is 1.34. The molecule has 9 heteroatoms. The van der Waals surface area contributed by atoms with Crippen LogP contribution in [0.15, 0.2) is 82.8 Å². The number of nitrogens with one attached hydrogen (secondary N) is 1. The number of halogens is 1. The average Bonchev–Trinajstić information content (AvgIpc) is 3.23. The molecule has 0 saturated carbocycles. The number of carbonyl (C=O) groups is 2. The summed E-state index contributed by atoms with van der Waals surface area (Å²) in [7, 11) is 1.61. The van der Waals surface area contributed by atoms with E-state index in [1.54, 1.807) is 12.0 Å². The second-order valence-corrected chi connectivity index (χ2v) is 9.63. The lowest BCUT2D eigenvalue weighted by atomic mass is 10.1. The van der Waals surface area contributed by atoms with Gasteiger partial charge in [0.15, 0.2) is 5.17 Å². The molecule has 7 nitrogen and oxygen atoms in total. The molecule has 36 heavy (non-hydrogen) atoms. The van der Waals surface area contributed by atoms with E-state index in [0.29, 0.717) is 28.3 Å². The summed E-state index contributed by atoms with van der Waals surface area (Å²) < 4.78 is 5.17. The molecule has 2 aliphatic heterocycles. The lowest BCUT2D eigenvalue weighted by molar-refractivity contribution is -0.126. The van der Waals surface area contributed by atoms with Crippen molar-refractivity contribution in [1.82, 2.24) is 10.2 Å². The number of methoxy groups -OCH3 is 1. The number of amidine groups is 2. The van der Waals surface area contributed by atoms with Gasteiger partial charge in [-0.2, -0.15) is 4.99 Å². The topological polar surface area (TPSA) is 83.4 Å². The number of thioether (sulfide) groups is 1. The fraction of sp³-hybridized carbons (Fsp3) is 0.185. The number of hydrogen-bond acceptors (Lipinski definition) is 6. The minimum atomic E-state index is -0.762. The molecule has 3 aromatic rings. The van der Waals surface area contributed by atoms with Gasteiger partial charge in [-0.15, -0.1) is 0 Å². The van der Waals surface area contributed by atoms with Crippen LogP contribution in [0.25, 0.3) is 0 Å². The van der Waals surface area contributed by atoms with Gasteiger partial charge in [-0.25, -0.2) is 4.99 Å². The van der Waals surface area contributed by atoms with E-state index in [-0.39, 0.29) is 18.2 Å². The van der Waals surface area contributed by atoms with Gasteiger partial charge in [-0.05, 0) is 41.5 Å². The van der Waals surface area contributed by atoms with E-state index in [0.717, 1.165) is 28.1 Å². The number of aliphatic imine (C=N–C) groups is 2. The van der Waals surface area contributed by atoms with E-state index < -0.39 is 6.04 Å². The van der Waals surface area contributed by atoms with Gasteiger partial charge in [0, 0.05) is 22.9 Å². The fourth-order valence-corrected chi connectivity index (χ4v) is 5.39. The van der Waals surface area contributed by atoms with Crippen molar-refractivity contribution in [2.24, 2.45) is 9.98 Å². The molecule has 1 atom stereocenters. The van der Waals surface area contributed by atoms with Crippen molar-refractivity contribution in [3.63, 3.8) is 0 Å². The first-order chi connectivity index (χ1) is 17.5. The zero-order valence-electron chi connectivity index (χ0n) is 19.5. The van der Waals surface area contributed by atoms with Gasteiger partial charge in [-0.3, -0.25) is 14.5 Å². The normalized spacial score (nSPS) is 16.1. The molecule has 0 bridgehead atoms. The summed E-state index contributed by atoms with van der Waals surface area (Å²) in [4.78, 5) is 36.8. The molecule has 2 amide bonds.